The Kier molecular flexibility index (Phi) is 7.17. The molecule has 1 atom stereocenters. The molecule has 4 nitrogen and oxygen atoms in total. The number of rotatable bonds is 7. The summed E-state index contributed by atoms with van der Waals surface area (Å²) in [4.78, 5) is 11.7. The first kappa shape index (κ1) is 13.5. The van der Waals surface area contributed by atoms with Crippen molar-refractivity contribution in [3.63, 3.8) is 0 Å². The molecule has 0 aromatic carbocycles. The van der Waals surface area contributed by atoms with Crippen LogP contribution in [0.5, 0.6) is 0 Å². The summed E-state index contributed by atoms with van der Waals surface area (Å²) in [6.45, 7) is 2.93. The number of aliphatic hydroxyl groups is 1. The number of amides is 1. The van der Waals surface area contributed by atoms with Gasteiger partial charge in [-0.2, -0.15) is 0 Å². The average molecular weight is 228 g/mol. The second-order valence-corrected chi connectivity index (χ2v) is 4.47. The van der Waals surface area contributed by atoms with Crippen molar-refractivity contribution in [2.45, 2.75) is 38.5 Å². The number of nitrogens with one attached hydrogen (secondary N) is 2. The molecule has 1 rings (SSSR count). The molecule has 1 aliphatic rings. The van der Waals surface area contributed by atoms with Gasteiger partial charge in [-0.3, -0.25) is 4.79 Å². The first-order valence-corrected chi connectivity index (χ1v) is 6.44. The summed E-state index contributed by atoms with van der Waals surface area (Å²) in [6.07, 6.45) is 6.16. The fourth-order valence-electron chi connectivity index (χ4n) is 2.02. The van der Waals surface area contributed by atoms with Crippen LogP contribution in [-0.2, 0) is 4.79 Å². The van der Waals surface area contributed by atoms with Crippen LogP contribution in [0.25, 0.3) is 0 Å². The number of aliphatic hydroxyl groups excluding tert-OH is 1. The molecular weight excluding hydrogens is 204 g/mol. The van der Waals surface area contributed by atoms with Crippen LogP contribution < -0.4 is 10.6 Å². The van der Waals surface area contributed by atoms with E-state index in [1.807, 2.05) is 0 Å². The van der Waals surface area contributed by atoms with E-state index in [-0.39, 0.29) is 18.4 Å². The molecule has 1 fully saturated rings. The zero-order valence-corrected chi connectivity index (χ0v) is 10.0. The van der Waals surface area contributed by atoms with Gasteiger partial charge in [-0.15, -0.1) is 0 Å². The van der Waals surface area contributed by atoms with Crippen molar-refractivity contribution in [2.75, 3.05) is 26.2 Å². The van der Waals surface area contributed by atoms with Gasteiger partial charge in [0.2, 0.25) is 5.91 Å². The lowest BCUT2D eigenvalue weighted by atomic mass is 9.99. The fraction of sp³-hybridized carbons (Fsp3) is 0.917. The van der Waals surface area contributed by atoms with E-state index < -0.39 is 0 Å². The van der Waals surface area contributed by atoms with Crippen LogP contribution in [0.1, 0.15) is 38.5 Å². The highest BCUT2D eigenvalue weighted by Crippen LogP contribution is 2.09. The largest absolute Gasteiger partial charge is 0.396 e. The molecule has 1 unspecified atom stereocenters. The van der Waals surface area contributed by atoms with E-state index in [0.29, 0.717) is 0 Å². The third-order valence-electron chi connectivity index (χ3n) is 3.05. The molecule has 0 saturated carbocycles. The minimum absolute atomic E-state index is 0.172. The molecule has 1 heterocycles. The lowest BCUT2D eigenvalue weighted by molar-refractivity contribution is -0.125. The molecule has 0 spiro atoms. The summed E-state index contributed by atoms with van der Waals surface area (Å²) in [6, 6.07) is 0. The number of carbonyl (C=O) groups is 1. The van der Waals surface area contributed by atoms with Crippen molar-refractivity contribution in [1.29, 1.82) is 0 Å². The highest BCUT2D eigenvalue weighted by molar-refractivity contribution is 5.78. The fourth-order valence-corrected chi connectivity index (χ4v) is 2.02. The van der Waals surface area contributed by atoms with Crippen molar-refractivity contribution in [3.05, 3.63) is 0 Å². The van der Waals surface area contributed by atoms with Crippen LogP contribution >= 0.6 is 0 Å². The SMILES string of the molecule is O=C(NCCCCCCO)C1CCCNC1. The maximum absolute atomic E-state index is 11.7. The summed E-state index contributed by atoms with van der Waals surface area (Å²) in [5.74, 6) is 0.376. The Balaban J connectivity index is 1.97. The average Bonchev–Trinajstić information content (AvgIpc) is 2.34. The molecule has 0 aliphatic carbocycles. The highest BCUT2D eigenvalue weighted by Gasteiger charge is 2.19. The van der Waals surface area contributed by atoms with Gasteiger partial charge in [0.1, 0.15) is 0 Å². The maximum atomic E-state index is 11.7. The van der Waals surface area contributed by atoms with Gasteiger partial charge in [-0.25, -0.2) is 0 Å². The van der Waals surface area contributed by atoms with E-state index >= 15 is 0 Å². The van der Waals surface area contributed by atoms with Gasteiger partial charge in [0.05, 0.1) is 5.92 Å². The predicted octanol–water partition coefficient (Wildman–Crippen LogP) is 0.655. The van der Waals surface area contributed by atoms with Crippen LogP contribution in [0.3, 0.4) is 0 Å². The second kappa shape index (κ2) is 8.53. The van der Waals surface area contributed by atoms with Gasteiger partial charge >= 0.3 is 0 Å². The minimum Gasteiger partial charge on any atom is -0.396 e. The van der Waals surface area contributed by atoms with Gasteiger partial charge in [-0.05, 0) is 32.2 Å². The first-order valence-electron chi connectivity index (χ1n) is 6.44. The molecule has 1 aliphatic heterocycles. The van der Waals surface area contributed by atoms with Crippen molar-refractivity contribution in [3.8, 4) is 0 Å². The van der Waals surface area contributed by atoms with Gasteiger partial charge in [0.25, 0.3) is 0 Å². The van der Waals surface area contributed by atoms with E-state index in [1.54, 1.807) is 0 Å². The summed E-state index contributed by atoms with van der Waals surface area (Å²) in [5.41, 5.74) is 0. The van der Waals surface area contributed by atoms with Gasteiger partial charge in [0.15, 0.2) is 0 Å². The molecule has 1 saturated heterocycles. The van der Waals surface area contributed by atoms with Gasteiger partial charge in [-0.1, -0.05) is 12.8 Å². The third-order valence-corrected chi connectivity index (χ3v) is 3.05. The molecule has 0 radical (unpaired) electrons. The van der Waals surface area contributed by atoms with Crippen LogP contribution in [-0.4, -0.2) is 37.3 Å². The second-order valence-electron chi connectivity index (χ2n) is 4.47. The van der Waals surface area contributed by atoms with Crippen molar-refractivity contribution < 1.29 is 9.90 Å². The topological polar surface area (TPSA) is 61.4 Å². The number of hydrogen-bond donors (Lipinski definition) is 3. The van der Waals surface area contributed by atoms with Crippen LogP contribution in [0.2, 0.25) is 0 Å². The zero-order chi connectivity index (χ0) is 11.6. The molecule has 0 aromatic heterocycles. The van der Waals surface area contributed by atoms with Crippen molar-refractivity contribution in [2.24, 2.45) is 5.92 Å². The lowest BCUT2D eigenvalue weighted by Gasteiger charge is -2.21. The summed E-state index contributed by atoms with van der Waals surface area (Å²) in [7, 11) is 0. The molecule has 0 bridgehead atoms. The smallest absolute Gasteiger partial charge is 0.224 e. The Bertz CT molecular complexity index is 191. The van der Waals surface area contributed by atoms with Crippen LogP contribution in [0.15, 0.2) is 0 Å². The molecule has 94 valence electrons. The Morgan fingerprint density at radius 3 is 2.81 bits per heavy atom. The van der Waals surface area contributed by atoms with Crippen molar-refractivity contribution in [1.82, 2.24) is 10.6 Å². The summed E-state index contributed by atoms with van der Waals surface area (Å²) in [5, 5.41) is 14.8. The normalized spacial score (nSPS) is 20.7. The van der Waals surface area contributed by atoms with Crippen LogP contribution in [0.4, 0.5) is 0 Å². The Labute approximate surface area is 97.8 Å². The minimum atomic E-state index is 0.172. The Hall–Kier alpha value is -0.610. The standard InChI is InChI=1S/C12H24N2O2/c15-9-4-2-1-3-8-14-12(16)11-6-5-7-13-10-11/h11,13,15H,1-10H2,(H,14,16). The highest BCUT2D eigenvalue weighted by atomic mass is 16.2. The Morgan fingerprint density at radius 1 is 1.31 bits per heavy atom. The zero-order valence-electron chi connectivity index (χ0n) is 10.0. The number of carbonyl (C=O) groups excluding carboxylic acids is 1. The maximum Gasteiger partial charge on any atom is 0.224 e. The molecular formula is C12H24N2O2. The monoisotopic (exact) mass is 228 g/mol. The van der Waals surface area contributed by atoms with E-state index in [1.165, 1.54) is 0 Å². The van der Waals surface area contributed by atoms with Crippen molar-refractivity contribution >= 4 is 5.91 Å². The molecule has 1 amide bonds. The number of piperidine rings is 1. The van der Waals surface area contributed by atoms with E-state index in [9.17, 15) is 4.79 Å². The van der Waals surface area contributed by atoms with E-state index in [2.05, 4.69) is 10.6 Å². The van der Waals surface area contributed by atoms with E-state index in [4.69, 9.17) is 5.11 Å². The van der Waals surface area contributed by atoms with Gasteiger partial charge in [0, 0.05) is 19.7 Å². The third kappa shape index (κ3) is 5.47. The lowest BCUT2D eigenvalue weighted by Crippen LogP contribution is -2.40. The molecule has 0 aromatic rings. The Morgan fingerprint density at radius 2 is 2.12 bits per heavy atom. The number of unbranched alkanes of at least 4 members (excludes halogenated alkanes) is 3. The predicted molar refractivity (Wildman–Crippen MR) is 64.2 cm³/mol. The van der Waals surface area contributed by atoms with Crippen LogP contribution in [0, 0.1) is 5.92 Å². The molecule has 3 N–H and O–H groups in total. The first-order chi connectivity index (χ1) is 7.84. The molecule has 4 heteroatoms. The van der Waals surface area contributed by atoms with E-state index in [0.717, 1.165) is 58.2 Å². The quantitative estimate of drug-likeness (QED) is 0.561. The molecule has 16 heavy (non-hydrogen) atoms. The summed E-state index contributed by atoms with van der Waals surface area (Å²) >= 11 is 0. The number of hydrogen-bond acceptors (Lipinski definition) is 3. The summed E-state index contributed by atoms with van der Waals surface area (Å²) < 4.78 is 0. The van der Waals surface area contributed by atoms with Gasteiger partial charge < -0.3 is 15.7 Å².